The molecule has 0 saturated carbocycles. The minimum atomic E-state index is -3.99. The van der Waals surface area contributed by atoms with Crippen LogP contribution in [-0.2, 0) is 10.0 Å². The summed E-state index contributed by atoms with van der Waals surface area (Å²) in [5.41, 5.74) is 0. The molecule has 1 aromatic carbocycles. The Morgan fingerprint density at radius 1 is 1.50 bits per heavy atom. The van der Waals surface area contributed by atoms with Gasteiger partial charge in [-0.05, 0) is 12.1 Å². The molecule has 0 atom stereocenters. The number of hydrogen-bond acceptors (Lipinski definition) is 3. The van der Waals surface area contributed by atoms with Crippen molar-refractivity contribution in [3.05, 3.63) is 22.4 Å². The average molecular weight is 284 g/mol. The molecule has 0 spiro atoms. The van der Waals surface area contributed by atoms with Crippen molar-refractivity contribution in [1.29, 1.82) is 0 Å². The van der Waals surface area contributed by atoms with E-state index in [2.05, 4.69) is 20.7 Å². The molecule has 0 heterocycles. The van der Waals surface area contributed by atoms with E-state index in [1.165, 1.54) is 13.2 Å². The Morgan fingerprint density at radius 3 is 2.50 bits per heavy atom. The molecular formula is C7H7BrFNO3S. The van der Waals surface area contributed by atoms with Crippen molar-refractivity contribution < 1.29 is 17.5 Å². The van der Waals surface area contributed by atoms with Crippen molar-refractivity contribution in [2.75, 3.05) is 7.11 Å². The van der Waals surface area contributed by atoms with E-state index in [1.807, 2.05) is 0 Å². The minimum Gasteiger partial charge on any atom is -0.492 e. The van der Waals surface area contributed by atoms with Crippen LogP contribution in [0.5, 0.6) is 5.75 Å². The highest BCUT2D eigenvalue weighted by atomic mass is 79.9. The van der Waals surface area contributed by atoms with Crippen LogP contribution in [0, 0.1) is 5.82 Å². The van der Waals surface area contributed by atoms with E-state index < -0.39 is 15.8 Å². The number of rotatable bonds is 2. The first-order valence-electron chi connectivity index (χ1n) is 3.42. The number of hydrogen-bond donors (Lipinski definition) is 1. The van der Waals surface area contributed by atoms with Crippen LogP contribution in [0.3, 0.4) is 0 Å². The largest absolute Gasteiger partial charge is 0.492 e. The summed E-state index contributed by atoms with van der Waals surface area (Å²) in [7, 11) is -2.82. The van der Waals surface area contributed by atoms with E-state index in [9.17, 15) is 12.8 Å². The van der Waals surface area contributed by atoms with Crippen molar-refractivity contribution in [2.24, 2.45) is 5.14 Å². The fraction of sp³-hybridized carbons (Fsp3) is 0.143. The summed E-state index contributed by atoms with van der Waals surface area (Å²) in [4.78, 5) is -0.383. The molecule has 0 aliphatic rings. The Hall–Kier alpha value is -0.660. The molecule has 0 bridgehead atoms. The fourth-order valence-corrected chi connectivity index (χ4v) is 2.26. The molecular weight excluding hydrogens is 277 g/mol. The molecule has 14 heavy (non-hydrogen) atoms. The second-order valence-corrected chi connectivity index (χ2v) is 4.91. The summed E-state index contributed by atoms with van der Waals surface area (Å²) in [6.45, 7) is 0. The molecule has 1 rings (SSSR count). The maximum atomic E-state index is 13.2. The lowest BCUT2D eigenvalue weighted by Gasteiger charge is -2.07. The summed E-state index contributed by atoms with van der Waals surface area (Å²) in [5, 5.41) is 4.88. The van der Waals surface area contributed by atoms with E-state index in [-0.39, 0.29) is 15.1 Å². The lowest BCUT2D eigenvalue weighted by molar-refractivity contribution is 0.374. The molecule has 0 aliphatic heterocycles. The number of ether oxygens (including phenoxy) is 1. The van der Waals surface area contributed by atoms with Gasteiger partial charge in [0.15, 0.2) is 11.6 Å². The minimum absolute atomic E-state index is 0.278. The van der Waals surface area contributed by atoms with Crippen molar-refractivity contribution >= 4 is 26.0 Å². The zero-order chi connectivity index (χ0) is 10.9. The molecule has 4 nitrogen and oxygen atoms in total. The molecule has 7 heteroatoms. The Kier molecular flexibility index (Phi) is 3.13. The Morgan fingerprint density at radius 2 is 2.07 bits per heavy atom. The number of nitrogens with two attached hydrogens (primary N) is 1. The predicted octanol–water partition coefficient (Wildman–Crippen LogP) is 1.24. The van der Waals surface area contributed by atoms with Crippen LogP contribution >= 0.6 is 15.9 Å². The molecule has 0 radical (unpaired) electrons. The van der Waals surface area contributed by atoms with Crippen LogP contribution in [0.1, 0.15) is 0 Å². The Labute approximate surface area is 89.0 Å². The second kappa shape index (κ2) is 3.84. The van der Waals surface area contributed by atoms with Gasteiger partial charge in [0.1, 0.15) is 4.90 Å². The highest BCUT2D eigenvalue weighted by Gasteiger charge is 2.19. The van der Waals surface area contributed by atoms with Crippen LogP contribution in [0.4, 0.5) is 4.39 Å². The number of benzene rings is 1. The fourth-order valence-electron chi connectivity index (χ4n) is 0.946. The Bertz CT molecular complexity index is 460. The SMILES string of the molecule is COc1c(F)cc(Br)cc1S(N)(=O)=O. The van der Waals surface area contributed by atoms with Gasteiger partial charge in [-0.3, -0.25) is 0 Å². The third-order valence-electron chi connectivity index (χ3n) is 1.48. The molecule has 0 aromatic heterocycles. The number of methoxy groups -OCH3 is 1. The topological polar surface area (TPSA) is 69.4 Å². The van der Waals surface area contributed by atoms with Gasteiger partial charge in [-0.1, -0.05) is 15.9 Å². The predicted molar refractivity (Wildman–Crippen MR) is 52.0 cm³/mol. The number of sulfonamides is 1. The summed E-state index contributed by atoms with van der Waals surface area (Å²) >= 11 is 2.95. The van der Waals surface area contributed by atoms with Gasteiger partial charge in [0.2, 0.25) is 10.0 Å². The van der Waals surface area contributed by atoms with Crippen molar-refractivity contribution in [3.63, 3.8) is 0 Å². The molecule has 78 valence electrons. The van der Waals surface area contributed by atoms with Gasteiger partial charge >= 0.3 is 0 Å². The zero-order valence-corrected chi connectivity index (χ0v) is 9.52. The van der Waals surface area contributed by atoms with Gasteiger partial charge in [-0.2, -0.15) is 0 Å². The van der Waals surface area contributed by atoms with E-state index in [1.54, 1.807) is 0 Å². The average Bonchev–Trinajstić information content (AvgIpc) is 2.01. The van der Waals surface area contributed by atoms with Gasteiger partial charge in [-0.15, -0.1) is 0 Å². The highest BCUT2D eigenvalue weighted by molar-refractivity contribution is 9.10. The molecule has 0 unspecified atom stereocenters. The lowest BCUT2D eigenvalue weighted by Crippen LogP contribution is -2.14. The third-order valence-corrected chi connectivity index (χ3v) is 2.86. The van der Waals surface area contributed by atoms with Crippen molar-refractivity contribution in [3.8, 4) is 5.75 Å². The smallest absolute Gasteiger partial charge is 0.241 e. The van der Waals surface area contributed by atoms with Crippen molar-refractivity contribution in [1.82, 2.24) is 0 Å². The summed E-state index contributed by atoms with van der Waals surface area (Å²) in [5.74, 6) is -1.17. The van der Waals surface area contributed by atoms with Crippen LogP contribution in [0.15, 0.2) is 21.5 Å². The van der Waals surface area contributed by atoms with Crippen molar-refractivity contribution in [2.45, 2.75) is 4.90 Å². The quantitative estimate of drug-likeness (QED) is 0.888. The number of primary sulfonamides is 1. The van der Waals surface area contributed by atoms with Crippen LogP contribution < -0.4 is 9.88 Å². The lowest BCUT2D eigenvalue weighted by atomic mass is 10.3. The first-order chi connectivity index (χ1) is 6.36. The maximum Gasteiger partial charge on any atom is 0.241 e. The van der Waals surface area contributed by atoms with Gasteiger partial charge in [-0.25, -0.2) is 17.9 Å². The van der Waals surface area contributed by atoms with Gasteiger partial charge < -0.3 is 4.74 Å². The van der Waals surface area contributed by atoms with E-state index >= 15 is 0 Å². The normalized spacial score (nSPS) is 11.4. The second-order valence-electron chi connectivity index (χ2n) is 2.46. The van der Waals surface area contributed by atoms with E-state index in [0.717, 1.165) is 6.07 Å². The van der Waals surface area contributed by atoms with Gasteiger partial charge in [0.05, 0.1) is 7.11 Å². The van der Waals surface area contributed by atoms with Crippen LogP contribution in [-0.4, -0.2) is 15.5 Å². The molecule has 0 saturated heterocycles. The summed E-state index contributed by atoms with van der Waals surface area (Å²) in [6, 6.07) is 2.27. The molecule has 2 N–H and O–H groups in total. The monoisotopic (exact) mass is 283 g/mol. The first kappa shape index (κ1) is 11.4. The van der Waals surface area contributed by atoms with E-state index in [0.29, 0.717) is 0 Å². The third kappa shape index (κ3) is 2.23. The molecule has 0 fully saturated rings. The highest BCUT2D eigenvalue weighted by Crippen LogP contribution is 2.29. The van der Waals surface area contributed by atoms with Crippen LogP contribution in [0.2, 0.25) is 0 Å². The Balaban J connectivity index is 3.56. The number of halogens is 2. The van der Waals surface area contributed by atoms with E-state index in [4.69, 9.17) is 5.14 Å². The van der Waals surface area contributed by atoms with Gasteiger partial charge in [0.25, 0.3) is 0 Å². The summed E-state index contributed by atoms with van der Waals surface area (Å²) < 4.78 is 40.1. The molecule has 0 amide bonds. The first-order valence-corrected chi connectivity index (χ1v) is 5.76. The standard InChI is InChI=1S/C7H7BrFNO3S/c1-13-7-5(9)2-4(8)3-6(7)14(10,11)12/h2-3H,1H3,(H2,10,11,12). The molecule has 0 aliphatic carbocycles. The zero-order valence-electron chi connectivity index (χ0n) is 7.12. The molecule has 1 aromatic rings. The summed E-state index contributed by atoms with van der Waals surface area (Å²) in [6.07, 6.45) is 0. The van der Waals surface area contributed by atoms with Gasteiger partial charge in [0, 0.05) is 4.47 Å². The maximum absolute atomic E-state index is 13.2. The van der Waals surface area contributed by atoms with Crippen LogP contribution in [0.25, 0.3) is 0 Å².